The number of hydrogen-bond donors (Lipinski definition) is 0. The highest BCUT2D eigenvalue weighted by Gasteiger charge is 2.09. The summed E-state index contributed by atoms with van der Waals surface area (Å²) >= 11 is 1.85. The Kier molecular flexibility index (Phi) is 3.66. The first-order chi connectivity index (χ1) is 9.74. The molecule has 0 fully saturated rings. The summed E-state index contributed by atoms with van der Waals surface area (Å²) in [5, 5.41) is 0. The molecule has 2 heteroatoms. The predicted molar refractivity (Wildman–Crippen MR) is 86.3 cm³/mol. The summed E-state index contributed by atoms with van der Waals surface area (Å²) in [6.45, 7) is 4.39. The Bertz CT molecular complexity index is 713. The van der Waals surface area contributed by atoms with Crippen molar-refractivity contribution in [1.82, 2.24) is 4.98 Å². The quantitative estimate of drug-likeness (QED) is 0.656. The highest BCUT2D eigenvalue weighted by Crippen LogP contribution is 2.32. The van der Waals surface area contributed by atoms with E-state index in [1.165, 1.54) is 32.0 Å². The topological polar surface area (TPSA) is 12.9 Å². The lowest BCUT2D eigenvalue weighted by molar-refractivity contribution is 1.15. The summed E-state index contributed by atoms with van der Waals surface area (Å²) in [7, 11) is 0. The summed E-state index contributed by atoms with van der Waals surface area (Å²) in [6.07, 6.45) is 4.76. The van der Waals surface area contributed by atoms with Gasteiger partial charge in [0, 0.05) is 27.7 Å². The molecule has 0 aliphatic heterocycles. The molecule has 100 valence electrons. The van der Waals surface area contributed by atoms with Crippen LogP contribution in [-0.2, 0) is 6.42 Å². The van der Waals surface area contributed by atoms with Gasteiger partial charge in [-0.1, -0.05) is 30.3 Å². The van der Waals surface area contributed by atoms with Crippen molar-refractivity contribution in [3.05, 3.63) is 76.4 Å². The summed E-state index contributed by atoms with van der Waals surface area (Å²) in [4.78, 5) is 6.91. The Morgan fingerprint density at radius 1 is 1.00 bits per heavy atom. The van der Waals surface area contributed by atoms with E-state index < -0.39 is 0 Å². The van der Waals surface area contributed by atoms with Crippen LogP contribution in [0.15, 0.2) is 54.9 Å². The van der Waals surface area contributed by atoms with Gasteiger partial charge in [-0.15, -0.1) is 11.3 Å². The molecular formula is C18H17NS. The third-order valence-electron chi connectivity index (χ3n) is 3.61. The van der Waals surface area contributed by atoms with Crippen molar-refractivity contribution in [3.63, 3.8) is 0 Å². The fourth-order valence-corrected chi connectivity index (χ4v) is 3.39. The summed E-state index contributed by atoms with van der Waals surface area (Å²) in [5.41, 5.74) is 5.40. The molecule has 0 saturated heterocycles. The molecule has 0 saturated carbocycles. The predicted octanol–water partition coefficient (Wildman–Crippen LogP) is 5.02. The summed E-state index contributed by atoms with van der Waals surface area (Å²) in [5.74, 6) is 0. The van der Waals surface area contributed by atoms with Gasteiger partial charge >= 0.3 is 0 Å². The van der Waals surface area contributed by atoms with Gasteiger partial charge in [-0.25, -0.2) is 0 Å². The van der Waals surface area contributed by atoms with E-state index in [4.69, 9.17) is 0 Å². The number of hydrogen-bond acceptors (Lipinski definition) is 2. The number of aryl methyl sites for hydroxylation is 2. The fourth-order valence-electron chi connectivity index (χ4n) is 2.36. The van der Waals surface area contributed by atoms with E-state index in [1.807, 2.05) is 29.8 Å². The van der Waals surface area contributed by atoms with Crippen LogP contribution in [-0.4, -0.2) is 4.98 Å². The largest absolute Gasteiger partial charge is 0.264 e. The van der Waals surface area contributed by atoms with Crippen molar-refractivity contribution in [2.75, 3.05) is 0 Å². The first-order valence-electron chi connectivity index (χ1n) is 6.78. The molecule has 0 aliphatic carbocycles. The molecular weight excluding hydrogens is 262 g/mol. The van der Waals surface area contributed by atoms with Crippen molar-refractivity contribution in [2.24, 2.45) is 0 Å². The van der Waals surface area contributed by atoms with Gasteiger partial charge in [0.05, 0.1) is 0 Å². The minimum Gasteiger partial charge on any atom is -0.264 e. The van der Waals surface area contributed by atoms with Crippen molar-refractivity contribution < 1.29 is 0 Å². The standard InChI is InChI=1S/C18H17NS/c1-13-6-3-4-7-15(13)10-17-11-18(20-14(17)2)16-8-5-9-19-12-16/h3-9,11-12H,10H2,1-2H3. The van der Waals surface area contributed by atoms with E-state index in [-0.39, 0.29) is 0 Å². The number of aromatic nitrogens is 1. The fraction of sp³-hybridized carbons (Fsp3) is 0.167. The average molecular weight is 279 g/mol. The highest BCUT2D eigenvalue weighted by atomic mass is 32.1. The van der Waals surface area contributed by atoms with Gasteiger partial charge in [-0.2, -0.15) is 0 Å². The molecule has 0 atom stereocenters. The second-order valence-electron chi connectivity index (χ2n) is 5.04. The van der Waals surface area contributed by atoms with Gasteiger partial charge in [0.15, 0.2) is 0 Å². The Morgan fingerprint density at radius 3 is 2.60 bits per heavy atom. The Labute approximate surface area is 124 Å². The lowest BCUT2D eigenvalue weighted by Crippen LogP contribution is -1.90. The summed E-state index contributed by atoms with van der Waals surface area (Å²) in [6, 6.07) is 15.0. The normalized spacial score (nSPS) is 10.7. The van der Waals surface area contributed by atoms with Gasteiger partial charge in [-0.3, -0.25) is 4.98 Å². The molecule has 3 rings (SSSR count). The second kappa shape index (κ2) is 5.59. The monoisotopic (exact) mass is 279 g/mol. The van der Waals surface area contributed by atoms with Crippen LogP contribution in [0.2, 0.25) is 0 Å². The van der Waals surface area contributed by atoms with Crippen LogP contribution < -0.4 is 0 Å². The van der Waals surface area contributed by atoms with Crippen LogP contribution >= 0.6 is 11.3 Å². The molecule has 0 aliphatic rings. The number of thiophene rings is 1. The number of pyridine rings is 1. The van der Waals surface area contributed by atoms with Crippen LogP contribution in [0.3, 0.4) is 0 Å². The van der Waals surface area contributed by atoms with Gasteiger partial charge < -0.3 is 0 Å². The van der Waals surface area contributed by atoms with Crippen molar-refractivity contribution in [3.8, 4) is 10.4 Å². The molecule has 2 heterocycles. The van der Waals surface area contributed by atoms with E-state index in [0.717, 1.165) is 6.42 Å². The van der Waals surface area contributed by atoms with Gasteiger partial charge in [0.25, 0.3) is 0 Å². The Hall–Kier alpha value is -1.93. The molecule has 3 aromatic rings. The molecule has 0 amide bonds. The molecule has 0 bridgehead atoms. The molecule has 0 N–H and O–H groups in total. The van der Waals surface area contributed by atoms with E-state index in [1.54, 1.807) is 0 Å². The molecule has 20 heavy (non-hydrogen) atoms. The SMILES string of the molecule is Cc1ccccc1Cc1cc(-c2cccnc2)sc1C. The molecule has 0 spiro atoms. The average Bonchev–Trinajstić information content (AvgIpc) is 2.84. The van der Waals surface area contributed by atoms with Crippen LogP contribution in [0, 0.1) is 13.8 Å². The molecule has 0 unspecified atom stereocenters. The van der Waals surface area contributed by atoms with Gasteiger partial charge in [-0.05, 0) is 49.1 Å². The third kappa shape index (κ3) is 2.66. The third-order valence-corrected chi connectivity index (χ3v) is 4.75. The minimum atomic E-state index is 1.01. The Balaban J connectivity index is 1.92. The first kappa shape index (κ1) is 13.1. The lowest BCUT2D eigenvalue weighted by Gasteiger charge is -2.04. The van der Waals surface area contributed by atoms with Gasteiger partial charge in [0.2, 0.25) is 0 Å². The maximum atomic E-state index is 4.20. The zero-order valence-corrected chi connectivity index (χ0v) is 12.6. The molecule has 0 radical (unpaired) electrons. The maximum Gasteiger partial charge on any atom is 0.0363 e. The number of benzene rings is 1. The Morgan fingerprint density at radius 2 is 1.85 bits per heavy atom. The maximum absolute atomic E-state index is 4.20. The zero-order valence-electron chi connectivity index (χ0n) is 11.8. The highest BCUT2D eigenvalue weighted by molar-refractivity contribution is 7.15. The van der Waals surface area contributed by atoms with Crippen molar-refractivity contribution in [1.29, 1.82) is 0 Å². The molecule has 2 aromatic heterocycles. The second-order valence-corrected chi connectivity index (χ2v) is 6.29. The van der Waals surface area contributed by atoms with E-state index in [9.17, 15) is 0 Å². The van der Waals surface area contributed by atoms with Crippen LogP contribution in [0.25, 0.3) is 10.4 Å². The minimum absolute atomic E-state index is 1.01. The van der Waals surface area contributed by atoms with E-state index >= 15 is 0 Å². The number of rotatable bonds is 3. The molecule has 1 aromatic carbocycles. The molecule has 1 nitrogen and oxygen atoms in total. The van der Waals surface area contributed by atoms with Gasteiger partial charge in [0.1, 0.15) is 0 Å². The van der Waals surface area contributed by atoms with Crippen molar-refractivity contribution >= 4 is 11.3 Å². The van der Waals surface area contributed by atoms with Crippen molar-refractivity contribution in [2.45, 2.75) is 20.3 Å². The van der Waals surface area contributed by atoms with Crippen LogP contribution in [0.5, 0.6) is 0 Å². The number of nitrogens with zero attached hydrogens (tertiary/aromatic N) is 1. The van der Waals surface area contributed by atoms with E-state index in [2.05, 4.69) is 55.2 Å². The lowest BCUT2D eigenvalue weighted by atomic mass is 10.0. The zero-order chi connectivity index (χ0) is 13.9. The first-order valence-corrected chi connectivity index (χ1v) is 7.60. The summed E-state index contributed by atoms with van der Waals surface area (Å²) < 4.78 is 0. The smallest absolute Gasteiger partial charge is 0.0363 e. The van der Waals surface area contributed by atoms with E-state index in [0.29, 0.717) is 0 Å². The van der Waals surface area contributed by atoms with Crippen LogP contribution in [0.1, 0.15) is 21.6 Å². The van der Waals surface area contributed by atoms with Crippen LogP contribution in [0.4, 0.5) is 0 Å².